The Kier molecular flexibility index (Phi) is 5.98. The second-order valence-corrected chi connectivity index (χ2v) is 10.2. The molecule has 0 unspecified atom stereocenters. The summed E-state index contributed by atoms with van der Waals surface area (Å²) in [6, 6.07) is 3.28. The maximum absolute atomic E-state index is 15.1. The quantitative estimate of drug-likeness (QED) is 0.497. The molecule has 5 heterocycles. The molecule has 39 heavy (non-hydrogen) atoms. The van der Waals surface area contributed by atoms with Crippen molar-refractivity contribution in [1.82, 2.24) is 24.6 Å². The molecule has 0 spiro atoms. The van der Waals surface area contributed by atoms with Gasteiger partial charge in [-0.2, -0.15) is 5.10 Å². The fraction of sp³-hybridized carbons (Fsp3) is 0.333. The van der Waals surface area contributed by atoms with Crippen LogP contribution in [-0.2, 0) is 18.4 Å². The van der Waals surface area contributed by atoms with E-state index in [1.807, 2.05) is 18.9 Å². The van der Waals surface area contributed by atoms with Crippen LogP contribution in [0, 0.1) is 5.82 Å². The molecular weight excluding hydrogens is 527 g/mol. The lowest BCUT2D eigenvalue weighted by Crippen LogP contribution is -2.57. The van der Waals surface area contributed by atoms with E-state index in [2.05, 4.69) is 11.7 Å². The topological polar surface area (TPSA) is 104 Å². The van der Waals surface area contributed by atoms with E-state index in [1.165, 1.54) is 24.3 Å². The maximum atomic E-state index is 15.1. The predicted molar refractivity (Wildman–Crippen MR) is 141 cm³/mol. The number of rotatable bonds is 3. The van der Waals surface area contributed by atoms with Crippen molar-refractivity contribution in [2.75, 3.05) is 31.1 Å². The minimum atomic E-state index is -0.715. The van der Waals surface area contributed by atoms with Gasteiger partial charge in [-0.3, -0.25) is 14.3 Å². The Morgan fingerprint density at radius 2 is 2.08 bits per heavy atom. The Hall–Kier alpha value is -4.12. The molecule has 0 aliphatic carbocycles. The van der Waals surface area contributed by atoms with Crippen LogP contribution >= 0.6 is 11.6 Å². The van der Waals surface area contributed by atoms with Gasteiger partial charge in [0.1, 0.15) is 40.3 Å². The molecule has 10 nitrogen and oxygen atoms in total. The van der Waals surface area contributed by atoms with Crippen LogP contribution in [0.25, 0.3) is 11.3 Å². The van der Waals surface area contributed by atoms with Crippen LogP contribution in [-0.4, -0.2) is 73.8 Å². The summed E-state index contributed by atoms with van der Waals surface area (Å²) in [6.07, 6.45) is 3.02. The Morgan fingerprint density at radius 3 is 2.79 bits per heavy atom. The first-order chi connectivity index (χ1) is 18.7. The molecule has 3 aromatic rings. The number of hydrogen-bond donors (Lipinski definition) is 1. The number of phenols is 1. The number of hydrogen-bond acceptors (Lipinski definition) is 7. The highest BCUT2D eigenvalue weighted by molar-refractivity contribution is 6.35. The number of nitrogens with zero attached hydrogens (tertiary/aromatic N) is 6. The van der Waals surface area contributed by atoms with Crippen molar-refractivity contribution in [2.45, 2.75) is 25.6 Å². The summed E-state index contributed by atoms with van der Waals surface area (Å²) in [4.78, 5) is 36.4. The summed E-state index contributed by atoms with van der Waals surface area (Å²) in [6.45, 7) is 6.90. The van der Waals surface area contributed by atoms with E-state index in [0.29, 0.717) is 19.6 Å². The minimum absolute atomic E-state index is 0.0292. The third kappa shape index (κ3) is 3.82. The van der Waals surface area contributed by atoms with Gasteiger partial charge in [0.05, 0.1) is 29.5 Å². The third-order valence-corrected chi connectivity index (χ3v) is 8.06. The van der Waals surface area contributed by atoms with E-state index in [4.69, 9.17) is 21.3 Å². The third-order valence-electron chi connectivity index (χ3n) is 7.71. The zero-order chi connectivity index (χ0) is 27.6. The molecule has 3 aliphatic heterocycles. The average Bonchev–Trinajstić information content (AvgIpc) is 3.41. The first-order valence-electron chi connectivity index (χ1n) is 12.5. The van der Waals surface area contributed by atoms with Crippen LogP contribution in [0.15, 0.2) is 37.1 Å². The van der Waals surface area contributed by atoms with Crippen molar-refractivity contribution in [3.63, 3.8) is 0 Å². The molecule has 1 N–H and O–H groups in total. The van der Waals surface area contributed by atoms with Crippen LogP contribution < -0.4 is 9.64 Å². The molecule has 1 saturated heterocycles. The fourth-order valence-electron chi connectivity index (χ4n) is 5.78. The summed E-state index contributed by atoms with van der Waals surface area (Å²) in [7, 11) is 1.85. The van der Waals surface area contributed by atoms with E-state index < -0.39 is 11.9 Å². The normalized spacial score (nSPS) is 20.2. The summed E-state index contributed by atoms with van der Waals surface area (Å²) in [5, 5.41) is 14.9. The van der Waals surface area contributed by atoms with Crippen molar-refractivity contribution in [3.8, 4) is 22.8 Å². The number of halogens is 2. The number of anilines is 1. The molecule has 0 saturated carbocycles. The fourth-order valence-corrected chi connectivity index (χ4v) is 6.06. The molecule has 1 aromatic carbocycles. The standard InChI is InChI=1S/C27H26ClFN6O4/c1-4-19(37)33-8-9-34-16(12-33)13-39-25-21(27(34)38)26(35-11-15-10-30-32(3)24(15)14(35)2)31-23(22(25)28)20-17(29)6-5-7-18(20)36/h4-7,10,14,16,36H,1,8-9,11-13H2,2-3H3/t14-,16+/m0/s1. The smallest absolute Gasteiger partial charge is 0.261 e. The number of aromatic nitrogens is 3. The molecule has 1 fully saturated rings. The first kappa shape index (κ1) is 25.2. The Morgan fingerprint density at radius 1 is 1.28 bits per heavy atom. The highest BCUT2D eigenvalue weighted by Gasteiger charge is 2.43. The number of benzene rings is 1. The van der Waals surface area contributed by atoms with Gasteiger partial charge in [0.25, 0.3) is 5.91 Å². The van der Waals surface area contributed by atoms with Gasteiger partial charge in [-0.25, -0.2) is 9.37 Å². The number of fused-ring (bicyclic) bond motifs is 3. The number of aromatic hydroxyl groups is 1. The molecule has 6 rings (SSSR count). The molecule has 2 aromatic heterocycles. The largest absolute Gasteiger partial charge is 0.507 e. The van der Waals surface area contributed by atoms with Crippen LogP contribution in [0.1, 0.15) is 34.6 Å². The first-order valence-corrected chi connectivity index (χ1v) is 12.9. The van der Waals surface area contributed by atoms with Gasteiger partial charge < -0.3 is 24.5 Å². The number of pyridine rings is 1. The lowest BCUT2D eigenvalue weighted by atomic mass is 10.0. The van der Waals surface area contributed by atoms with Crippen LogP contribution in [0.5, 0.6) is 11.5 Å². The van der Waals surface area contributed by atoms with Gasteiger partial charge in [0.2, 0.25) is 5.91 Å². The SMILES string of the molecule is C=CC(=O)N1CCN2C(=O)c3c(N4Cc5cnn(C)c5[C@@H]4C)nc(-c4c(O)cccc4F)c(Cl)c3OC[C@H]2C1. The van der Waals surface area contributed by atoms with Crippen molar-refractivity contribution < 1.29 is 23.8 Å². The average molecular weight is 553 g/mol. The summed E-state index contributed by atoms with van der Waals surface area (Å²) in [5.74, 6) is -1.28. The van der Waals surface area contributed by atoms with E-state index in [1.54, 1.807) is 20.7 Å². The van der Waals surface area contributed by atoms with Gasteiger partial charge in [0.15, 0.2) is 5.75 Å². The van der Waals surface area contributed by atoms with Crippen molar-refractivity contribution in [1.29, 1.82) is 0 Å². The highest BCUT2D eigenvalue weighted by atomic mass is 35.5. The predicted octanol–water partition coefficient (Wildman–Crippen LogP) is 3.29. The zero-order valence-corrected chi connectivity index (χ0v) is 22.2. The molecule has 3 aliphatic rings. The van der Waals surface area contributed by atoms with Crippen LogP contribution in [0.2, 0.25) is 5.02 Å². The van der Waals surface area contributed by atoms with E-state index >= 15 is 4.39 Å². The maximum Gasteiger partial charge on any atom is 0.261 e. The summed E-state index contributed by atoms with van der Waals surface area (Å²) < 4.78 is 23.0. The number of amides is 2. The number of piperazine rings is 1. The van der Waals surface area contributed by atoms with E-state index in [0.717, 1.165) is 11.3 Å². The minimum Gasteiger partial charge on any atom is -0.507 e. The molecule has 202 valence electrons. The Balaban J connectivity index is 1.53. The number of phenolic OH excluding ortho intramolecular Hbond substituents is 1. The van der Waals surface area contributed by atoms with Crippen LogP contribution in [0.4, 0.5) is 10.2 Å². The van der Waals surface area contributed by atoms with E-state index in [-0.39, 0.29) is 70.2 Å². The summed E-state index contributed by atoms with van der Waals surface area (Å²) in [5.41, 5.74) is 1.89. The lowest BCUT2D eigenvalue weighted by molar-refractivity contribution is -0.128. The van der Waals surface area contributed by atoms with Crippen LogP contribution in [0.3, 0.4) is 0 Å². The number of carbonyl (C=O) groups excluding carboxylic acids is 2. The zero-order valence-electron chi connectivity index (χ0n) is 21.4. The highest BCUT2D eigenvalue weighted by Crippen LogP contribution is 2.48. The van der Waals surface area contributed by atoms with Gasteiger partial charge in [-0.15, -0.1) is 0 Å². The van der Waals surface area contributed by atoms with Crippen molar-refractivity contribution >= 4 is 29.2 Å². The van der Waals surface area contributed by atoms with Crippen molar-refractivity contribution in [3.05, 3.63) is 64.7 Å². The summed E-state index contributed by atoms with van der Waals surface area (Å²) >= 11 is 6.80. The molecule has 12 heteroatoms. The Bertz CT molecular complexity index is 1520. The van der Waals surface area contributed by atoms with Gasteiger partial charge in [-0.1, -0.05) is 24.2 Å². The van der Waals surface area contributed by atoms with Gasteiger partial charge in [-0.05, 0) is 25.1 Å². The number of aryl methyl sites for hydroxylation is 1. The molecule has 2 atom stereocenters. The number of carbonyl (C=O) groups is 2. The second kappa shape index (κ2) is 9.26. The Labute approximate surface area is 228 Å². The molecular formula is C27H26ClFN6O4. The van der Waals surface area contributed by atoms with Gasteiger partial charge >= 0.3 is 0 Å². The molecule has 0 bridgehead atoms. The van der Waals surface area contributed by atoms with E-state index in [9.17, 15) is 14.7 Å². The molecule has 2 amide bonds. The lowest BCUT2D eigenvalue weighted by Gasteiger charge is -2.39. The molecule has 0 radical (unpaired) electrons. The number of ether oxygens (including phenoxy) is 1. The van der Waals surface area contributed by atoms with Crippen molar-refractivity contribution in [2.24, 2.45) is 7.05 Å². The monoisotopic (exact) mass is 552 g/mol. The second-order valence-electron chi connectivity index (χ2n) is 9.87. The van der Waals surface area contributed by atoms with Gasteiger partial charge in [0, 0.05) is 38.8 Å².